The van der Waals surface area contributed by atoms with Crippen LogP contribution in [-0.2, 0) is 0 Å². The van der Waals surface area contributed by atoms with Crippen LogP contribution in [0, 0.1) is 6.92 Å². The van der Waals surface area contributed by atoms with E-state index >= 15 is 0 Å². The first-order chi connectivity index (χ1) is 16.5. The van der Waals surface area contributed by atoms with Crippen LogP contribution in [0.4, 0.5) is 5.69 Å². The molecule has 0 N–H and O–H groups in total. The topological polar surface area (TPSA) is 24.9 Å². The van der Waals surface area contributed by atoms with Gasteiger partial charge in [-0.3, -0.25) is 4.90 Å². The van der Waals surface area contributed by atoms with Crippen LogP contribution in [0.5, 0.6) is 11.5 Å². The molecule has 34 heavy (non-hydrogen) atoms. The van der Waals surface area contributed by atoms with Gasteiger partial charge in [0.05, 0.1) is 7.11 Å². The number of hydrogen-bond donors (Lipinski definition) is 0. The summed E-state index contributed by atoms with van der Waals surface area (Å²) in [5.74, 6) is 2.32. The zero-order valence-electron chi connectivity index (χ0n) is 21.0. The molecule has 1 aliphatic rings. The molecule has 1 fully saturated rings. The highest BCUT2D eigenvalue weighted by Gasteiger charge is 2.21. The van der Waals surface area contributed by atoms with Crippen LogP contribution in [0.2, 0.25) is 0 Å². The molecule has 0 radical (unpaired) electrons. The van der Waals surface area contributed by atoms with Gasteiger partial charge < -0.3 is 14.4 Å². The number of aryl methyl sites for hydroxylation is 1. The van der Waals surface area contributed by atoms with E-state index in [-0.39, 0.29) is 6.10 Å². The van der Waals surface area contributed by atoms with E-state index in [2.05, 4.69) is 91.2 Å². The highest BCUT2D eigenvalue weighted by Crippen LogP contribution is 2.28. The first-order valence-electron chi connectivity index (χ1n) is 12.5. The molecule has 4 nitrogen and oxygen atoms in total. The Morgan fingerprint density at radius 1 is 0.765 bits per heavy atom. The molecular weight excluding hydrogens is 420 g/mol. The molecule has 4 heteroatoms. The lowest BCUT2D eigenvalue weighted by Crippen LogP contribution is -2.47. The highest BCUT2D eigenvalue weighted by atomic mass is 16.5. The minimum absolute atomic E-state index is 0.00482. The average Bonchev–Trinajstić information content (AvgIpc) is 2.87. The molecule has 0 unspecified atom stereocenters. The normalized spacial score (nSPS) is 15.4. The van der Waals surface area contributed by atoms with Crippen LogP contribution >= 0.6 is 0 Å². The molecule has 0 aliphatic carbocycles. The fourth-order valence-corrected chi connectivity index (χ4v) is 4.64. The molecule has 1 aliphatic heterocycles. The van der Waals surface area contributed by atoms with E-state index in [4.69, 9.17) is 9.47 Å². The van der Waals surface area contributed by atoms with Crippen LogP contribution in [0.3, 0.4) is 0 Å². The van der Waals surface area contributed by atoms with E-state index in [1.807, 2.05) is 12.1 Å². The number of ether oxygens (including phenoxy) is 2. The Morgan fingerprint density at radius 3 is 2.00 bits per heavy atom. The second-order valence-corrected chi connectivity index (χ2v) is 9.51. The van der Waals surface area contributed by atoms with Gasteiger partial charge in [-0.05, 0) is 59.9 Å². The van der Waals surface area contributed by atoms with E-state index in [9.17, 15) is 0 Å². The summed E-state index contributed by atoms with van der Waals surface area (Å²) in [5, 5.41) is 0. The highest BCUT2D eigenvalue weighted by molar-refractivity contribution is 5.53. The van der Waals surface area contributed by atoms with Gasteiger partial charge in [0.1, 0.15) is 17.6 Å². The van der Waals surface area contributed by atoms with Crippen molar-refractivity contribution in [1.82, 2.24) is 4.90 Å². The summed E-state index contributed by atoms with van der Waals surface area (Å²) in [6.07, 6.45) is 0.952. The number of rotatable bonds is 9. The van der Waals surface area contributed by atoms with Crippen LogP contribution in [0.15, 0.2) is 72.8 Å². The van der Waals surface area contributed by atoms with Crippen LogP contribution < -0.4 is 14.4 Å². The average molecular weight is 459 g/mol. The summed E-state index contributed by atoms with van der Waals surface area (Å²) in [6, 6.07) is 25.6. The minimum Gasteiger partial charge on any atom is -0.497 e. The predicted molar refractivity (Wildman–Crippen MR) is 141 cm³/mol. The summed E-state index contributed by atoms with van der Waals surface area (Å²) in [7, 11) is 1.70. The van der Waals surface area contributed by atoms with Crippen LogP contribution in [0.1, 0.15) is 49.0 Å². The van der Waals surface area contributed by atoms with E-state index in [0.717, 1.165) is 50.6 Å². The van der Waals surface area contributed by atoms with Crippen LogP contribution in [-0.4, -0.2) is 44.7 Å². The van der Waals surface area contributed by atoms with Gasteiger partial charge in [-0.1, -0.05) is 56.3 Å². The standard InChI is InChI=1S/C30H38N2O2/c1-23(2)25-9-15-28(16-10-25)34-30(26-11-13-27(33-4)14-12-26)17-18-31-19-21-32(22-20-31)29-8-6-5-7-24(29)3/h5-16,23,30H,17-22H2,1-4H3/t30-/m1/s1. The van der Waals surface area contributed by atoms with Crippen LogP contribution in [0.25, 0.3) is 0 Å². The van der Waals surface area contributed by atoms with Crippen molar-refractivity contribution in [2.45, 2.75) is 39.2 Å². The van der Waals surface area contributed by atoms with Crippen molar-refractivity contribution < 1.29 is 9.47 Å². The van der Waals surface area contributed by atoms with Crippen molar-refractivity contribution >= 4 is 5.69 Å². The number of para-hydroxylation sites is 1. The molecule has 3 aromatic rings. The predicted octanol–water partition coefficient (Wildman–Crippen LogP) is 6.46. The van der Waals surface area contributed by atoms with Gasteiger partial charge >= 0.3 is 0 Å². The monoisotopic (exact) mass is 458 g/mol. The SMILES string of the molecule is COc1ccc([C@@H](CCN2CCN(c3ccccc3C)CC2)Oc2ccc(C(C)C)cc2)cc1. The summed E-state index contributed by atoms with van der Waals surface area (Å²) in [6.45, 7) is 11.9. The second kappa shape index (κ2) is 11.4. The molecule has 1 heterocycles. The molecule has 4 rings (SSSR count). The molecule has 180 valence electrons. The van der Waals surface area contributed by atoms with Crippen molar-refractivity contribution in [3.8, 4) is 11.5 Å². The van der Waals surface area contributed by atoms with Crippen molar-refractivity contribution in [2.75, 3.05) is 44.7 Å². The minimum atomic E-state index is 0.00482. The third kappa shape index (κ3) is 6.12. The van der Waals surface area contributed by atoms with Gasteiger partial charge in [-0.15, -0.1) is 0 Å². The Hall–Kier alpha value is -2.98. The third-order valence-electron chi connectivity index (χ3n) is 6.85. The number of methoxy groups -OCH3 is 1. The fourth-order valence-electron chi connectivity index (χ4n) is 4.64. The van der Waals surface area contributed by atoms with Crippen molar-refractivity contribution in [3.63, 3.8) is 0 Å². The van der Waals surface area contributed by atoms with Gasteiger partial charge in [0.15, 0.2) is 0 Å². The summed E-state index contributed by atoms with van der Waals surface area (Å²) < 4.78 is 11.9. The van der Waals surface area contributed by atoms with Gasteiger partial charge in [0.25, 0.3) is 0 Å². The molecule has 3 aromatic carbocycles. The number of hydrogen-bond acceptors (Lipinski definition) is 4. The van der Waals surface area contributed by atoms with Gasteiger partial charge in [-0.2, -0.15) is 0 Å². The van der Waals surface area contributed by atoms with E-state index in [1.54, 1.807) is 7.11 Å². The maximum absolute atomic E-state index is 6.53. The van der Waals surface area contributed by atoms with Crippen molar-refractivity contribution in [3.05, 3.63) is 89.5 Å². The zero-order chi connectivity index (χ0) is 23.9. The summed E-state index contributed by atoms with van der Waals surface area (Å²) >= 11 is 0. The quantitative estimate of drug-likeness (QED) is 0.367. The molecule has 1 saturated heterocycles. The first-order valence-corrected chi connectivity index (χ1v) is 12.5. The third-order valence-corrected chi connectivity index (χ3v) is 6.85. The molecular formula is C30H38N2O2. The lowest BCUT2D eigenvalue weighted by Gasteiger charge is -2.37. The lowest BCUT2D eigenvalue weighted by atomic mass is 10.0. The number of piperazine rings is 1. The molecule has 1 atom stereocenters. The largest absolute Gasteiger partial charge is 0.497 e. The van der Waals surface area contributed by atoms with Gasteiger partial charge in [0, 0.05) is 44.8 Å². The van der Waals surface area contributed by atoms with Crippen molar-refractivity contribution in [2.24, 2.45) is 0 Å². The van der Waals surface area contributed by atoms with Crippen molar-refractivity contribution in [1.29, 1.82) is 0 Å². The van der Waals surface area contributed by atoms with Gasteiger partial charge in [0.2, 0.25) is 0 Å². The molecule has 0 saturated carbocycles. The number of benzene rings is 3. The lowest BCUT2D eigenvalue weighted by molar-refractivity contribution is 0.160. The second-order valence-electron chi connectivity index (χ2n) is 9.51. The Kier molecular flexibility index (Phi) is 8.12. The molecule has 0 spiro atoms. The maximum atomic E-state index is 6.53. The Bertz CT molecular complexity index is 1020. The summed E-state index contributed by atoms with van der Waals surface area (Å²) in [5.41, 5.74) is 5.24. The Morgan fingerprint density at radius 2 is 1.38 bits per heavy atom. The van der Waals surface area contributed by atoms with E-state index in [0.29, 0.717) is 5.92 Å². The number of nitrogens with zero attached hydrogens (tertiary/aromatic N) is 2. The fraction of sp³-hybridized carbons (Fsp3) is 0.400. The van der Waals surface area contributed by atoms with E-state index in [1.165, 1.54) is 22.4 Å². The smallest absolute Gasteiger partial charge is 0.125 e. The summed E-state index contributed by atoms with van der Waals surface area (Å²) in [4.78, 5) is 5.08. The molecule has 0 bridgehead atoms. The van der Waals surface area contributed by atoms with Gasteiger partial charge in [-0.25, -0.2) is 0 Å². The molecule has 0 amide bonds. The Labute approximate surface area is 205 Å². The first kappa shape index (κ1) is 24.2. The Balaban J connectivity index is 1.39. The zero-order valence-corrected chi connectivity index (χ0v) is 21.0. The number of anilines is 1. The maximum Gasteiger partial charge on any atom is 0.125 e. The molecule has 0 aromatic heterocycles. The van der Waals surface area contributed by atoms with E-state index < -0.39 is 0 Å².